The Balaban J connectivity index is 0.000001000. The Labute approximate surface area is 98.5 Å². The summed E-state index contributed by atoms with van der Waals surface area (Å²) in [5.41, 5.74) is 0.507. The number of allylic oxidation sites excluding steroid dienone is 3. The van der Waals surface area contributed by atoms with Crippen molar-refractivity contribution in [2.75, 3.05) is 0 Å². The summed E-state index contributed by atoms with van der Waals surface area (Å²) in [5, 5.41) is 10.3. The molecule has 0 spiro atoms. The topological polar surface area (TPSA) is 23.1 Å². The Hall–Kier alpha value is 0.460. The monoisotopic (exact) mass is 192 g/mol. The summed E-state index contributed by atoms with van der Waals surface area (Å²) in [6, 6.07) is 0. The molecule has 0 aromatic heterocycles. The fourth-order valence-electron chi connectivity index (χ4n) is 0.724. The maximum absolute atomic E-state index is 10.6. The predicted molar refractivity (Wildman–Crippen MR) is 47.0 cm³/mol. The molecule has 0 atom stereocenters. The zero-order valence-electron chi connectivity index (χ0n) is 6.16. The molecule has 0 heterocycles. The van der Waals surface area contributed by atoms with Crippen molar-refractivity contribution in [3.63, 3.8) is 0 Å². The van der Waals surface area contributed by atoms with Crippen LogP contribution >= 0.6 is 24.4 Å². The van der Waals surface area contributed by atoms with E-state index in [4.69, 9.17) is 12.2 Å². The van der Waals surface area contributed by atoms with Gasteiger partial charge in [0.15, 0.2) is 0 Å². The van der Waals surface area contributed by atoms with Gasteiger partial charge in [0, 0.05) is 11.3 Å². The first-order valence-electron chi connectivity index (χ1n) is 2.83. The van der Waals surface area contributed by atoms with Crippen LogP contribution in [0.1, 0.15) is 6.42 Å². The van der Waals surface area contributed by atoms with Crippen molar-refractivity contribution in [3.8, 4) is 0 Å². The van der Waals surface area contributed by atoms with E-state index in [1.54, 1.807) is 12.2 Å². The molecule has 1 nitrogen and oxygen atoms in total. The molecule has 0 unspecified atom stereocenters. The third-order valence-corrected chi connectivity index (χ3v) is 1.83. The van der Waals surface area contributed by atoms with Crippen LogP contribution in [0.2, 0.25) is 0 Å². The Morgan fingerprint density at radius 1 is 1.55 bits per heavy atom. The van der Waals surface area contributed by atoms with Crippen LogP contribution in [0.25, 0.3) is 0 Å². The van der Waals surface area contributed by atoms with E-state index in [1.165, 1.54) is 0 Å². The number of hydrogen-bond acceptors (Lipinski definition) is 3. The van der Waals surface area contributed by atoms with Gasteiger partial charge < -0.3 is 5.11 Å². The average molecular weight is 192 g/mol. The number of rotatable bonds is 1. The van der Waals surface area contributed by atoms with Crippen molar-refractivity contribution < 1.29 is 34.7 Å². The van der Waals surface area contributed by atoms with E-state index in [0.29, 0.717) is 16.9 Å². The van der Waals surface area contributed by atoms with E-state index in [2.05, 4.69) is 12.2 Å². The van der Waals surface area contributed by atoms with E-state index in [0.717, 1.165) is 0 Å². The third-order valence-electron chi connectivity index (χ3n) is 1.22. The largest absolute Gasteiger partial charge is 1.00 e. The Bertz CT molecular complexity index is 243. The van der Waals surface area contributed by atoms with Gasteiger partial charge in [-0.2, -0.15) is 0 Å². The van der Waals surface area contributed by atoms with E-state index in [1.807, 2.05) is 6.08 Å². The van der Waals surface area contributed by atoms with E-state index >= 15 is 0 Å². The van der Waals surface area contributed by atoms with Gasteiger partial charge in [0.2, 0.25) is 0 Å². The Morgan fingerprint density at radius 2 is 2.18 bits per heavy atom. The number of hydrogen-bond donors (Lipinski definition) is 0. The smallest absolute Gasteiger partial charge is 0.864 e. The first-order chi connectivity index (χ1) is 4.72. The first kappa shape index (κ1) is 11.5. The maximum atomic E-state index is 10.6. The molecule has 1 rings (SSSR count). The summed E-state index contributed by atoms with van der Waals surface area (Å²) < 4.78 is 0. The molecule has 0 amide bonds. The summed E-state index contributed by atoms with van der Waals surface area (Å²) >= 11 is 9.34. The standard InChI is InChI=1S/C7H6OS2.Na/c8-7(10)5-3-1-2-4-6(5)9;/h1-3H,4H2,(H,8,10);/q;+1/p-1. The second-order valence-electron chi connectivity index (χ2n) is 1.92. The van der Waals surface area contributed by atoms with Crippen LogP contribution in [-0.4, -0.2) is 9.92 Å². The van der Waals surface area contributed by atoms with Gasteiger partial charge in [0.05, 0.1) is 0 Å². The fraction of sp³-hybridized carbons (Fsp3) is 0.143. The molecule has 0 fully saturated rings. The summed E-state index contributed by atoms with van der Waals surface area (Å²) in [6.07, 6.45) is 6.05. The Morgan fingerprint density at radius 3 is 2.55 bits per heavy atom. The molecule has 11 heavy (non-hydrogen) atoms. The maximum Gasteiger partial charge on any atom is 1.00 e. The first-order valence-corrected chi connectivity index (χ1v) is 3.65. The zero-order chi connectivity index (χ0) is 7.56. The summed E-state index contributed by atoms with van der Waals surface area (Å²) in [4.78, 5) is 0.655. The summed E-state index contributed by atoms with van der Waals surface area (Å²) in [6.45, 7) is 0. The van der Waals surface area contributed by atoms with Crippen LogP contribution in [-0.2, 0) is 0 Å². The van der Waals surface area contributed by atoms with Crippen LogP contribution in [0.4, 0.5) is 0 Å². The van der Waals surface area contributed by atoms with Crippen molar-refractivity contribution in [1.82, 2.24) is 0 Å². The molecular weight excluding hydrogens is 187 g/mol. The number of thiocarbonyl (C=S) groups is 2. The van der Waals surface area contributed by atoms with Crippen LogP contribution in [0, 0.1) is 0 Å². The summed E-state index contributed by atoms with van der Waals surface area (Å²) in [5.74, 6) is 0. The van der Waals surface area contributed by atoms with Crippen LogP contribution in [0.5, 0.6) is 0 Å². The van der Waals surface area contributed by atoms with Gasteiger partial charge in [-0.15, -0.1) is 0 Å². The van der Waals surface area contributed by atoms with Crippen molar-refractivity contribution >= 4 is 34.4 Å². The molecule has 52 valence electrons. The second kappa shape index (κ2) is 5.17. The van der Waals surface area contributed by atoms with Gasteiger partial charge in [-0.05, 0) is 10.6 Å². The molecule has 0 aliphatic heterocycles. The van der Waals surface area contributed by atoms with Crippen molar-refractivity contribution in [2.45, 2.75) is 6.42 Å². The minimum atomic E-state index is -0.352. The van der Waals surface area contributed by atoms with Gasteiger partial charge in [0.1, 0.15) is 0 Å². The molecule has 0 aromatic rings. The van der Waals surface area contributed by atoms with Gasteiger partial charge in [0.25, 0.3) is 0 Å². The molecule has 0 N–H and O–H groups in total. The van der Waals surface area contributed by atoms with E-state index in [9.17, 15) is 5.11 Å². The molecular formula is C7H5NaOS2. The molecule has 1 aliphatic carbocycles. The summed E-state index contributed by atoms with van der Waals surface area (Å²) in [7, 11) is 0. The van der Waals surface area contributed by atoms with Gasteiger partial charge in [-0.25, -0.2) is 0 Å². The van der Waals surface area contributed by atoms with Crippen LogP contribution in [0.3, 0.4) is 0 Å². The van der Waals surface area contributed by atoms with Crippen LogP contribution < -0.4 is 34.7 Å². The average Bonchev–Trinajstić information content (AvgIpc) is 1.88. The minimum absolute atomic E-state index is 0. The third kappa shape index (κ3) is 3.13. The molecule has 0 saturated heterocycles. The minimum Gasteiger partial charge on any atom is -0.864 e. The van der Waals surface area contributed by atoms with Gasteiger partial charge >= 0.3 is 29.6 Å². The van der Waals surface area contributed by atoms with Crippen molar-refractivity contribution in [1.29, 1.82) is 0 Å². The molecule has 0 saturated carbocycles. The second-order valence-corrected chi connectivity index (χ2v) is 2.79. The van der Waals surface area contributed by atoms with Crippen molar-refractivity contribution in [2.24, 2.45) is 0 Å². The van der Waals surface area contributed by atoms with E-state index < -0.39 is 0 Å². The van der Waals surface area contributed by atoms with Crippen LogP contribution in [0.15, 0.2) is 23.8 Å². The molecule has 0 radical (unpaired) electrons. The zero-order valence-corrected chi connectivity index (χ0v) is 9.80. The van der Waals surface area contributed by atoms with Gasteiger partial charge in [-0.3, -0.25) is 0 Å². The van der Waals surface area contributed by atoms with Gasteiger partial charge in [-0.1, -0.05) is 42.7 Å². The fourth-order valence-corrected chi connectivity index (χ4v) is 1.24. The molecule has 0 aromatic carbocycles. The predicted octanol–water partition coefficient (Wildman–Crippen LogP) is -2.07. The quantitative estimate of drug-likeness (QED) is 0.352. The Kier molecular flexibility index (Phi) is 5.38. The van der Waals surface area contributed by atoms with E-state index in [-0.39, 0.29) is 34.6 Å². The molecule has 0 bridgehead atoms. The normalized spacial score (nSPS) is 15.3. The molecule has 4 heteroatoms. The molecule has 1 aliphatic rings. The van der Waals surface area contributed by atoms with Crippen molar-refractivity contribution in [3.05, 3.63) is 23.8 Å². The SMILES string of the molecule is [Na+].[O-]C(=S)C1=CC=CCC1=S.